The highest BCUT2D eigenvalue weighted by molar-refractivity contribution is 6.31. The Morgan fingerprint density at radius 3 is 2.76 bits per heavy atom. The van der Waals surface area contributed by atoms with Gasteiger partial charge in [-0.15, -0.1) is 0 Å². The van der Waals surface area contributed by atoms with E-state index in [0.717, 1.165) is 35.9 Å². The summed E-state index contributed by atoms with van der Waals surface area (Å²) in [7, 11) is 2.13. The van der Waals surface area contributed by atoms with Crippen LogP contribution in [0.3, 0.4) is 0 Å². The SMILES string of the molecule is CCCC1CCC(C#N)C(N(C)Cc2ccccc2Cl)C1. The Morgan fingerprint density at radius 1 is 1.33 bits per heavy atom. The first-order chi connectivity index (χ1) is 10.2. The van der Waals surface area contributed by atoms with Crippen molar-refractivity contribution in [3.63, 3.8) is 0 Å². The smallest absolute Gasteiger partial charge is 0.0672 e. The van der Waals surface area contributed by atoms with Crippen molar-refractivity contribution in [2.75, 3.05) is 7.05 Å². The first kappa shape index (κ1) is 16.3. The molecule has 1 fully saturated rings. The number of nitrogens with zero attached hydrogens (tertiary/aromatic N) is 2. The normalized spacial score (nSPS) is 25.8. The molecule has 21 heavy (non-hydrogen) atoms. The first-order valence-electron chi connectivity index (χ1n) is 7.99. The number of hydrogen-bond donors (Lipinski definition) is 0. The van der Waals surface area contributed by atoms with Crippen LogP contribution in [-0.4, -0.2) is 18.0 Å². The van der Waals surface area contributed by atoms with Crippen LogP contribution >= 0.6 is 11.6 Å². The Morgan fingerprint density at radius 2 is 2.10 bits per heavy atom. The number of hydrogen-bond acceptors (Lipinski definition) is 2. The van der Waals surface area contributed by atoms with Gasteiger partial charge < -0.3 is 0 Å². The van der Waals surface area contributed by atoms with Crippen molar-refractivity contribution in [3.05, 3.63) is 34.9 Å². The molecule has 0 bridgehead atoms. The van der Waals surface area contributed by atoms with Gasteiger partial charge in [-0.25, -0.2) is 0 Å². The minimum Gasteiger partial charge on any atom is -0.298 e. The number of benzene rings is 1. The van der Waals surface area contributed by atoms with Crippen molar-refractivity contribution >= 4 is 11.6 Å². The molecule has 3 unspecified atom stereocenters. The van der Waals surface area contributed by atoms with Crippen molar-refractivity contribution in [1.82, 2.24) is 4.90 Å². The Kier molecular flexibility index (Phi) is 6.08. The zero-order chi connectivity index (χ0) is 15.2. The third-order valence-corrected chi connectivity index (χ3v) is 5.10. The molecule has 1 aromatic carbocycles. The molecule has 2 rings (SSSR count). The molecule has 1 aliphatic rings. The molecular weight excluding hydrogens is 280 g/mol. The molecule has 0 N–H and O–H groups in total. The second-order valence-electron chi connectivity index (χ2n) is 6.28. The van der Waals surface area contributed by atoms with Crippen molar-refractivity contribution in [2.45, 2.75) is 51.6 Å². The molecule has 0 heterocycles. The third-order valence-electron chi connectivity index (χ3n) is 4.73. The predicted octanol–water partition coefficient (Wildman–Crippen LogP) is 4.88. The topological polar surface area (TPSA) is 27.0 Å². The van der Waals surface area contributed by atoms with Gasteiger partial charge in [0.15, 0.2) is 0 Å². The Hall–Kier alpha value is -1.04. The lowest BCUT2D eigenvalue weighted by Gasteiger charge is -2.38. The van der Waals surface area contributed by atoms with Gasteiger partial charge in [0, 0.05) is 17.6 Å². The van der Waals surface area contributed by atoms with Crippen molar-refractivity contribution in [2.24, 2.45) is 11.8 Å². The van der Waals surface area contributed by atoms with Crippen LogP contribution in [0.4, 0.5) is 0 Å². The Labute approximate surface area is 133 Å². The fourth-order valence-electron chi connectivity index (χ4n) is 3.55. The van der Waals surface area contributed by atoms with Crippen LogP contribution in [0.5, 0.6) is 0 Å². The Balaban J connectivity index is 2.06. The summed E-state index contributed by atoms with van der Waals surface area (Å²) in [4.78, 5) is 2.33. The van der Waals surface area contributed by atoms with E-state index in [1.54, 1.807) is 0 Å². The van der Waals surface area contributed by atoms with E-state index in [4.69, 9.17) is 11.6 Å². The van der Waals surface area contributed by atoms with Crippen molar-refractivity contribution < 1.29 is 0 Å². The summed E-state index contributed by atoms with van der Waals surface area (Å²) in [5, 5.41) is 10.3. The van der Waals surface area contributed by atoms with E-state index in [2.05, 4.69) is 31.0 Å². The van der Waals surface area contributed by atoms with Crippen LogP contribution in [0.15, 0.2) is 24.3 Å². The minimum absolute atomic E-state index is 0.158. The van der Waals surface area contributed by atoms with E-state index < -0.39 is 0 Å². The van der Waals surface area contributed by atoms with Crippen molar-refractivity contribution in [1.29, 1.82) is 5.26 Å². The monoisotopic (exact) mass is 304 g/mol. The van der Waals surface area contributed by atoms with Gasteiger partial charge in [-0.2, -0.15) is 5.26 Å². The average molecular weight is 305 g/mol. The highest BCUT2D eigenvalue weighted by atomic mass is 35.5. The molecule has 1 saturated carbocycles. The van der Waals surface area contributed by atoms with E-state index in [9.17, 15) is 5.26 Å². The largest absolute Gasteiger partial charge is 0.298 e. The molecule has 0 aliphatic heterocycles. The molecule has 0 saturated heterocycles. The van der Waals surface area contributed by atoms with E-state index >= 15 is 0 Å². The molecule has 0 radical (unpaired) electrons. The maximum Gasteiger partial charge on any atom is 0.0672 e. The van der Waals surface area contributed by atoms with Crippen LogP contribution < -0.4 is 0 Å². The standard InChI is InChI=1S/C18H25ClN2/c1-3-6-14-9-10-15(12-20)18(11-14)21(2)13-16-7-4-5-8-17(16)19/h4-5,7-8,14-15,18H,3,6,9-11,13H2,1-2H3. The molecule has 2 nitrogen and oxygen atoms in total. The van der Waals surface area contributed by atoms with E-state index in [1.165, 1.54) is 19.3 Å². The van der Waals surface area contributed by atoms with Crippen LogP contribution in [0, 0.1) is 23.2 Å². The lowest BCUT2D eigenvalue weighted by molar-refractivity contribution is 0.116. The second-order valence-corrected chi connectivity index (χ2v) is 6.68. The average Bonchev–Trinajstić information content (AvgIpc) is 2.50. The zero-order valence-electron chi connectivity index (χ0n) is 13.1. The van der Waals surface area contributed by atoms with E-state index in [1.807, 2.05) is 18.2 Å². The molecular formula is C18H25ClN2. The third kappa shape index (κ3) is 4.22. The molecule has 114 valence electrons. The van der Waals surface area contributed by atoms with E-state index in [-0.39, 0.29) is 5.92 Å². The second kappa shape index (κ2) is 7.82. The molecule has 1 aromatic rings. The number of rotatable bonds is 5. The summed E-state index contributed by atoms with van der Waals surface area (Å²) in [6.45, 7) is 3.07. The van der Waals surface area contributed by atoms with Crippen LogP contribution in [0.2, 0.25) is 5.02 Å². The van der Waals surface area contributed by atoms with Crippen LogP contribution in [0.1, 0.15) is 44.6 Å². The van der Waals surface area contributed by atoms with E-state index in [0.29, 0.717) is 6.04 Å². The van der Waals surface area contributed by atoms with Gasteiger partial charge in [0.1, 0.15) is 0 Å². The lowest BCUT2D eigenvalue weighted by atomic mass is 9.76. The van der Waals surface area contributed by atoms with Crippen LogP contribution in [-0.2, 0) is 6.54 Å². The van der Waals surface area contributed by atoms with Gasteiger partial charge >= 0.3 is 0 Å². The van der Waals surface area contributed by atoms with Gasteiger partial charge in [0.05, 0.1) is 12.0 Å². The Bertz CT molecular complexity index is 494. The lowest BCUT2D eigenvalue weighted by Crippen LogP contribution is -2.41. The summed E-state index contributed by atoms with van der Waals surface area (Å²) >= 11 is 6.26. The first-order valence-corrected chi connectivity index (χ1v) is 8.36. The minimum atomic E-state index is 0.158. The molecule has 1 aliphatic carbocycles. The van der Waals surface area contributed by atoms with Gasteiger partial charge in [-0.05, 0) is 43.9 Å². The fraction of sp³-hybridized carbons (Fsp3) is 0.611. The van der Waals surface area contributed by atoms with Crippen LogP contribution in [0.25, 0.3) is 0 Å². The van der Waals surface area contributed by atoms with Gasteiger partial charge in [-0.1, -0.05) is 49.6 Å². The van der Waals surface area contributed by atoms with Gasteiger partial charge in [-0.3, -0.25) is 4.90 Å². The molecule has 3 heteroatoms. The summed E-state index contributed by atoms with van der Waals surface area (Å²) in [6.07, 6.45) is 5.92. The van der Waals surface area contributed by atoms with Crippen molar-refractivity contribution in [3.8, 4) is 6.07 Å². The number of halogens is 1. The van der Waals surface area contributed by atoms with Gasteiger partial charge in [0.2, 0.25) is 0 Å². The summed E-state index contributed by atoms with van der Waals surface area (Å²) in [5.74, 6) is 0.934. The highest BCUT2D eigenvalue weighted by Gasteiger charge is 2.32. The quantitative estimate of drug-likeness (QED) is 0.775. The summed E-state index contributed by atoms with van der Waals surface area (Å²) in [6, 6.07) is 10.9. The molecule has 3 atom stereocenters. The molecule has 0 amide bonds. The highest BCUT2D eigenvalue weighted by Crippen LogP contribution is 2.34. The summed E-state index contributed by atoms with van der Waals surface area (Å²) < 4.78 is 0. The summed E-state index contributed by atoms with van der Waals surface area (Å²) in [5.41, 5.74) is 1.15. The predicted molar refractivity (Wildman–Crippen MR) is 88.1 cm³/mol. The molecule has 0 aromatic heterocycles. The van der Waals surface area contributed by atoms with Gasteiger partial charge in [0.25, 0.3) is 0 Å². The zero-order valence-corrected chi connectivity index (χ0v) is 13.8. The number of nitriles is 1. The fourth-order valence-corrected chi connectivity index (χ4v) is 3.75. The maximum atomic E-state index is 9.44. The maximum absolute atomic E-state index is 9.44. The molecule has 0 spiro atoms.